The Balaban J connectivity index is 3.43. The molecule has 0 fully saturated rings. The maximum Gasteiger partial charge on any atom is 0.439 e. The predicted octanol–water partition coefficient (Wildman–Crippen LogP) is -0.236. The molecular weight excluding hydrogens is 235 g/mol. The molecule has 1 heterocycles. The Bertz CT molecular complexity index is 439. The third-order valence-electron chi connectivity index (χ3n) is 1.57. The zero-order valence-corrected chi connectivity index (χ0v) is 7.66. The van der Waals surface area contributed by atoms with Gasteiger partial charge < -0.3 is 9.90 Å². The number of alkyl halides is 3. The van der Waals surface area contributed by atoms with E-state index in [4.69, 9.17) is 0 Å². The van der Waals surface area contributed by atoms with Gasteiger partial charge in [-0.2, -0.15) is 18.3 Å². The molecule has 0 saturated carbocycles. The van der Waals surface area contributed by atoms with E-state index in [-0.39, 0.29) is 0 Å². The molecule has 88 valence electrons. The standard InChI is InChI=1S/C6H4F3N3O4/c1-16-12(15)3-2(5(13)14)10-11-4(3)6(7,8)9/h1H3,(H-,10,11,13,14,15). The summed E-state index contributed by atoms with van der Waals surface area (Å²) in [6.45, 7) is 0. The molecule has 7 nitrogen and oxygen atoms in total. The number of carboxylic acids is 1. The molecule has 0 aliphatic rings. The summed E-state index contributed by atoms with van der Waals surface area (Å²) in [5, 5.41) is 14.6. The summed E-state index contributed by atoms with van der Waals surface area (Å²) in [4.78, 5) is 24.6. The third-order valence-corrected chi connectivity index (χ3v) is 1.57. The van der Waals surface area contributed by atoms with Gasteiger partial charge in [-0.25, -0.2) is 4.84 Å². The first-order valence-electron chi connectivity index (χ1n) is 3.67. The topological polar surface area (TPSA) is 98.1 Å². The lowest BCUT2D eigenvalue weighted by atomic mass is 10.3. The number of aromatic carboxylic acids is 1. The second-order valence-corrected chi connectivity index (χ2v) is 2.52. The van der Waals surface area contributed by atoms with Gasteiger partial charge in [0.25, 0.3) is 4.92 Å². The van der Waals surface area contributed by atoms with E-state index in [1.54, 1.807) is 0 Å². The van der Waals surface area contributed by atoms with Crippen molar-refractivity contribution in [1.29, 1.82) is 0 Å². The fourth-order valence-corrected chi connectivity index (χ4v) is 0.945. The zero-order valence-electron chi connectivity index (χ0n) is 7.66. The van der Waals surface area contributed by atoms with Gasteiger partial charge in [0.1, 0.15) is 0 Å². The van der Waals surface area contributed by atoms with Crippen LogP contribution in [0.3, 0.4) is 0 Å². The van der Waals surface area contributed by atoms with E-state index in [0.29, 0.717) is 0 Å². The van der Waals surface area contributed by atoms with Crippen LogP contribution in [-0.2, 0) is 11.0 Å². The number of hydrogen-bond acceptors (Lipinski definition) is 5. The largest absolute Gasteiger partial charge is 0.543 e. The summed E-state index contributed by atoms with van der Waals surface area (Å²) in [6.07, 6.45) is -4.96. The highest BCUT2D eigenvalue weighted by Gasteiger charge is 2.46. The first-order chi connectivity index (χ1) is 7.29. The van der Waals surface area contributed by atoms with Gasteiger partial charge in [0.15, 0.2) is 12.8 Å². The number of H-pyrrole nitrogens is 1. The molecule has 0 saturated heterocycles. The Morgan fingerprint density at radius 1 is 1.56 bits per heavy atom. The first kappa shape index (κ1) is 11.9. The lowest BCUT2D eigenvalue weighted by Gasteiger charge is -2.01. The van der Waals surface area contributed by atoms with Crippen molar-refractivity contribution < 1.29 is 32.8 Å². The van der Waals surface area contributed by atoms with Gasteiger partial charge in [0.05, 0.1) is 10.9 Å². The van der Waals surface area contributed by atoms with E-state index in [1.165, 1.54) is 5.10 Å². The number of carbonyl (C=O) groups excluding carboxylic acids is 1. The minimum atomic E-state index is -4.96. The molecule has 0 aliphatic carbocycles. The molecule has 1 aromatic rings. The maximum atomic E-state index is 12.3. The summed E-state index contributed by atoms with van der Waals surface area (Å²) in [6, 6.07) is 0. The van der Waals surface area contributed by atoms with Crippen LogP contribution in [-0.4, -0.2) is 28.2 Å². The normalized spacial score (nSPS) is 11.2. The molecule has 1 N–H and O–H groups in total. The van der Waals surface area contributed by atoms with Crippen LogP contribution in [0.4, 0.5) is 18.9 Å². The molecule has 0 amide bonds. The lowest BCUT2D eigenvalue weighted by Crippen LogP contribution is -2.24. The smallest absolute Gasteiger partial charge is 0.439 e. The fraction of sp³-hybridized carbons (Fsp3) is 0.333. The number of nitrogens with one attached hydrogen (secondary N) is 1. The number of halogens is 3. The SMILES string of the molecule is CO[N+](=O)c1c(C(=O)[O-])n[nH]c1C(F)(F)F. The van der Waals surface area contributed by atoms with Gasteiger partial charge in [0.2, 0.25) is 5.69 Å². The van der Waals surface area contributed by atoms with Gasteiger partial charge in [-0.15, -0.1) is 0 Å². The number of aromatic nitrogens is 2. The second-order valence-electron chi connectivity index (χ2n) is 2.52. The Hall–Kier alpha value is -2.13. The molecule has 1 rings (SSSR count). The van der Waals surface area contributed by atoms with Crippen molar-refractivity contribution in [1.82, 2.24) is 10.2 Å². The summed E-state index contributed by atoms with van der Waals surface area (Å²) in [5.41, 5.74) is -4.08. The minimum Gasteiger partial charge on any atom is -0.543 e. The summed E-state index contributed by atoms with van der Waals surface area (Å²) in [7, 11) is 0.777. The number of nitrogens with zero attached hydrogens (tertiary/aromatic N) is 2. The molecule has 0 aromatic carbocycles. The summed E-state index contributed by atoms with van der Waals surface area (Å²) >= 11 is 0. The van der Waals surface area contributed by atoms with Gasteiger partial charge in [-0.1, -0.05) is 0 Å². The van der Waals surface area contributed by atoms with Crippen molar-refractivity contribution in [2.75, 3.05) is 7.11 Å². The Morgan fingerprint density at radius 3 is 2.50 bits per heavy atom. The van der Waals surface area contributed by atoms with Gasteiger partial charge in [-0.05, 0) is 0 Å². The van der Waals surface area contributed by atoms with Crippen LogP contribution in [0, 0.1) is 4.91 Å². The van der Waals surface area contributed by atoms with Crippen molar-refractivity contribution in [3.63, 3.8) is 0 Å². The van der Waals surface area contributed by atoms with Crippen molar-refractivity contribution in [3.8, 4) is 0 Å². The summed E-state index contributed by atoms with van der Waals surface area (Å²) < 4.78 is 36.9. The Morgan fingerprint density at radius 2 is 2.12 bits per heavy atom. The van der Waals surface area contributed by atoms with E-state index >= 15 is 0 Å². The van der Waals surface area contributed by atoms with Crippen LogP contribution < -0.4 is 5.11 Å². The molecule has 0 atom stereocenters. The minimum absolute atomic E-state index is 0.614. The van der Waals surface area contributed by atoms with Crippen LogP contribution >= 0.6 is 0 Å². The van der Waals surface area contributed by atoms with Crippen molar-refractivity contribution in [2.24, 2.45) is 0 Å². The Kier molecular flexibility index (Phi) is 2.83. The quantitative estimate of drug-likeness (QED) is 0.734. The first-order valence-corrected chi connectivity index (χ1v) is 3.67. The molecule has 0 spiro atoms. The molecule has 1 aromatic heterocycles. The molecule has 16 heavy (non-hydrogen) atoms. The van der Waals surface area contributed by atoms with Gasteiger partial charge in [0, 0.05) is 0 Å². The molecule has 0 unspecified atom stereocenters. The number of hydrogen-bond donors (Lipinski definition) is 1. The number of rotatable bonds is 3. The zero-order chi connectivity index (χ0) is 12.5. The predicted molar refractivity (Wildman–Crippen MR) is 38.2 cm³/mol. The molecular formula is C6H4F3N3O4. The van der Waals surface area contributed by atoms with Crippen LogP contribution in [0.15, 0.2) is 0 Å². The second kappa shape index (κ2) is 3.79. The molecule has 0 bridgehead atoms. The summed E-state index contributed by atoms with van der Waals surface area (Å²) in [5.74, 6) is -2.03. The van der Waals surface area contributed by atoms with Crippen LogP contribution in [0.1, 0.15) is 16.2 Å². The van der Waals surface area contributed by atoms with Crippen LogP contribution in [0.25, 0.3) is 0 Å². The third kappa shape index (κ3) is 1.94. The average molecular weight is 239 g/mol. The van der Waals surface area contributed by atoms with E-state index < -0.39 is 34.1 Å². The number of aromatic amines is 1. The van der Waals surface area contributed by atoms with Gasteiger partial charge >= 0.3 is 11.9 Å². The van der Waals surface area contributed by atoms with Crippen molar-refractivity contribution in [2.45, 2.75) is 6.18 Å². The lowest BCUT2D eigenvalue weighted by molar-refractivity contribution is -0.737. The van der Waals surface area contributed by atoms with E-state index in [0.717, 1.165) is 7.11 Å². The highest BCUT2D eigenvalue weighted by atomic mass is 19.4. The number of carbonyl (C=O) groups is 1. The van der Waals surface area contributed by atoms with Crippen molar-refractivity contribution in [3.05, 3.63) is 16.3 Å². The Labute approximate surface area is 85.3 Å². The van der Waals surface area contributed by atoms with E-state index in [1.807, 2.05) is 0 Å². The van der Waals surface area contributed by atoms with Gasteiger partial charge in [-0.3, -0.25) is 5.10 Å². The van der Waals surface area contributed by atoms with E-state index in [9.17, 15) is 28.0 Å². The molecule has 10 heteroatoms. The van der Waals surface area contributed by atoms with E-state index in [2.05, 4.69) is 9.94 Å². The maximum absolute atomic E-state index is 12.3. The van der Waals surface area contributed by atoms with Crippen LogP contribution in [0.2, 0.25) is 0 Å². The molecule has 0 aliphatic heterocycles. The fourth-order valence-electron chi connectivity index (χ4n) is 0.945. The van der Waals surface area contributed by atoms with Crippen molar-refractivity contribution >= 4 is 11.7 Å². The highest BCUT2D eigenvalue weighted by molar-refractivity contribution is 5.88. The highest BCUT2D eigenvalue weighted by Crippen LogP contribution is 2.36. The number of carboxylic acid groups (broad SMARTS) is 1. The van der Waals surface area contributed by atoms with Crippen LogP contribution in [0.5, 0.6) is 0 Å². The molecule has 0 radical (unpaired) electrons. The monoisotopic (exact) mass is 239 g/mol. The average Bonchev–Trinajstić information content (AvgIpc) is 2.59.